The van der Waals surface area contributed by atoms with Gasteiger partial charge in [-0.15, -0.1) is 0 Å². The second-order valence-corrected chi connectivity index (χ2v) is 50.1. The maximum Gasteiger partial charge on any atom is 0.509 e. The van der Waals surface area contributed by atoms with Gasteiger partial charge in [0.1, 0.15) is 17.3 Å². The molecule has 0 amide bonds. The van der Waals surface area contributed by atoms with Crippen molar-refractivity contribution in [1.82, 2.24) is 0 Å². The van der Waals surface area contributed by atoms with Crippen LogP contribution in [0.4, 0.5) is 88.6 Å². The Hall–Kier alpha value is -1.96. The zero-order valence-electron chi connectivity index (χ0n) is 72.5. The fourth-order valence-corrected chi connectivity index (χ4v) is 17.1. The minimum absolute atomic E-state index is 0. The lowest BCUT2D eigenvalue weighted by atomic mass is 9.79. The van der Waals surface area contributed by atoms with E-state index in [0.29, 0.717) is 66.6 Å². The van der Waals surface area contributed by atoms with Gasteiger partial charge in [0, 0.05) is 35.5 Å². The predicted octanol–water partition coefficient (Wildman–Crippen LogP) is 28.8. The van der Waals surface area contributed by atoms with E-state index in [4.69, 9.17) is 46.6 Å². The summed E-state index contributed by atoms with van der Waals surface area (Å²) < 4.78 is 272. The molecular weight excluding hydrogens is 1760 g/mol. The summed E-state index contributed by atoms with van der Waals surface area (Å²) in [5, 5.41) is 27.5. The Morgan fingerprint density at radius 2 is 0.560 bits per heavy atom. The first kappa shape index (κ1) is 143. The molecule has 0 aliphatic heterocycles. The number of rotatable bonds is 17. The number of halogens is 18. The minimum atomic E-state index is -5.67. The topological polar surface area (TPSA) is 178 Å². The Morgan fingerprint density at radius 3 is 0.760 bits per heavy atom. The normalized spacial score (nSPS) is 26.3. The summed E-state index contributed by atoms with van der Waals surface area (Å²) >= 11 is 0. The molecule has 10 rings (SSSR count). The quantitative estimate of drug-likeness (QED) is 0.0712. The minimum Gasteiger partial charge on any atom is -0.429 e. The number of fused-ring (bicyclic) bond motifs is 10. The molecule has 10 fully saturated rings. The summed E-state index contributed by atoms with van der Waals surface area (Å²) in [5.41, 5.74) is -11.3. The van der Waals surface area contributed by atoms with Gasteiger partial charge in [-0.2, -0.15) is 79.0 Å². The maximum absolute atomic E-state index is 13.5. The average Bonchev–Trinajstić information content (AvgIpc) is 1.68. The second kappa shape index (κ2) is 61.8. The van der Waals surface area contributed by atoms with Gasteiger partial charge in [0.25, 0.3) is 5.60 Å². The van der Waals surface area contributed by atoms with Crippen molar-refractivity contribution in [2.45, 2.75) is 433 Å². The smallest absolute Gasteiger partial charge is 0.429 e. The largest absolute Gasteiger partial charge is 0.509 e. The van der Waals surface area contributed by atoms with Crippen LogP contribution < -0.4 is 0 Å². The first-order valence-electron chi connectivity index (χ1n) is 41.1. The molecule has 14 nitrogen and oxygen atoms in total. The fraction of sp³-hybridized carbons (Fsp3) is 0.977. The molecule has 0 aromatic rings. The number of alkyl halides is 18. The predicted molar refractivity (Wildman–Crippen MR) is 489 cm³/mol. The Balaban J connectivity index is -0.000000152. The van der Waals surface area contributed by atoms with Crippen LogP contribution in [0.5, 0.6) is 0 Å². The molecular formula is C88H184F18O14Si5. The van der Waals surface area contributed by atoms with Crippen molar-refractivity contribution in [3.05, 3.63) is 0 Å². The SMILES string of the molecule is C.C.C.C.C.C.C.C.C.C.CC(C)(C)OC(=O)OC(C)(CC1CC2CCC1C2)C(F)(F)F.CC(C)(C)OC(=O)OC(CC1CC2CCC1C2)C(F)(F)F.CC(O)(CC1CC2CCC1C2)C(F)(F)F.CO[SiH](C)C.CO[SiH](C)C.CO[SiH](C)C.CO[SiH](C)C.CO[SiH](C)C.OC(CC1CC2CCC1C2)(C(F)(F)F)C(F)(F)F.OC(CC1CC2CCC1C2)C(F)(F)F. The van der Waals surface area contributed by atoms with E-state index < -0.39 is 147 Å². The van der Waals surface area contributed by atoms with E-state index in [9.17, 15) is 93.7 Å². The third-order valence-corrected chi connectivity index (χ3v) is 28.6. The van der Waals surface area contributed by atoms with Gasteiger partial charge in [0.2, 0.25) is 11.7 Å². The van der Waals surface area contributed by atoms with E-state index in [2.05, 4.69) is 70.2 Å². The molecule has 19 atom stereocenters. The average molecular weight is 1950 g/mol. The molecule has 125 heavy (non-hydrogen) atoms. The van der Waals surface area contributed by atoms with Crippen molar-refractivity contribution in [2.24, 2.45) is 88.8 Å². The van der Waals surface area contributed by atoms with Crippen molar-refractivity contribution in [3.8, 4) is 0 Å². The first-order valence-corrected chi connectivity index (χ1v) is 55.0. The molecule has 0 aromatic heterocycles. The number of hydrogen-bond acceptors (Lipinski definition) is 14. The highest BCUT2D eigenvalue weighted by Crippen LogP contribution is 2.58. The van der Waals surface area contributed by atoms with Crippen LogP contribution in [0.3, 0.4) is 0 Å². The summed E-state index contributed by atoms with van der Waals surface area (Å²) in [5.74, 6) is 3.65. The van der Waals surface area contributed by atoms with Crippen LogP contribution in [0.2, 0.25) is 65.5 Å². The number of carbonyl (C=O) groups is 2. The van der Waals surface area contributed by atoms with Crippen molar-refractivity contribution in [2.75, 3.05) is 35.5 Å². The van der Waals surface area contributed by atoms with Crippen LogP contribution in [0.25, 0.3) is 0 Å². The highest BCUT2D eigenvalue weighted by atomic mass is 28.3. The van der Waals surface area contributed by atoms with Gasteiger partial charge in [-0.3, -0.25) is 0 Å². The summed E-state index contributed by atoms with van der Waals surface area (Å²) in [7, 11) is 5.56. The Morgan fingerprint density at radius 1 is 0.320 bits per heavy atom. The van der Waals surface area contributed by atoms with Gasteiger partial charge in [0.05, 0.1) is 0 Å². The van der Waals surface area contributed by atoms with Crippen molar-refractivity contribution < 1.29 is 145 Å². The molecule has 37 heteroatoms. The van der Waals surface area contributed by atoms with Crippen molar-refractivity contribution in [1.29, 1.82) is 0 Å². The number of hydrogen-bond donors (Lipinski definition) is 3. The monoisotopic (exact) mass is 1950 g/mol. The molecule has 0 spiro atoms. The standard InChI is InChI=1S/C16H25F3O3.C15H23F3O3.C11H14F6O.C11H17F3O.C10H15F3O.5C3H10OSi.10CH4/c1-14(2,3)21-13(20)22-15(4,16(17,18)19)9-12-8-10-5-6-11(12)7-10;1-14(2,3)21-13(19)20-12(15(16,17)18)8-11-7-9-4-5-10(11)6-9;12-10(13,14)9(18,11(15,16)17)5-8-4-6-1-2-7(8)3-6;1-10(15,11(12,13)14)6-9-5-7-2-3-8(9)4-7;11-10(12,13)9(14)5-8-4-6-1-2-7(8)3-6;5*1-4-5(2)3;;;;;;;;;;/h10-12H,5-9H2,1-4H3;9-12H,4-8H2,1-3H3;6-8,18H,1-5H2;7-9,15H,2-6H2,1H3;6-9,14H,1-5H2;5*5H,1-3H3;10*1H4. The van der Waals surface area contributed by atoms with Gasteiger partial charge in [-0.1, -0.05) is 106 Å². The van der Waals surface area contributed by atoms with Gasteiger partial charge >= 0.3 is 49.4 Å². The molecule has 10 aliphatic rings. The van der Waals surface area contributed by atoms with Crippen molar-refractivity contribution in [3.63, 3.8) is 0 Å². The van der Waals surface area contributed by atoms with Crippen molar-refractivity contribution >= 4 is 57.5 Å². The molecule has 19 unspecified atom stereocenters. The lowest BCUT2D eigenvalue weighted by Gasteiger charge is -2.36. The Bertz CT molecular complexity index is 2660. The van der Waals surface area contributed by atoms with E-state index in [1.807, 2.05) is 0 Å². The van der Waals surface area contributed by atoms with Crippen LogP contribution in [-0.2, 0) is 41.1 Å². The van der Waals surface area contributed by atoms with Gasteiger partial charge < -0.3 is 56.4 Å². The highest BCUT2D eigenvalue weighted by molar-refractivity contribution is 6.49. The fourth-order valence-electron chi connectivity index (χ4n) is 17.1. The molecule has 766 valence electrons. The summed E-state index contributed by atoms with van der Waals surface area (Å²) in [6, 6.07) is 0. The van der Waals surface area contributed by atoms with E-state index in [-0.39, 0.29) is 135 Å². The second-order valence-electron chi connectivity index (χ2n) is 37.3. The number of ether oxygens (including phenoxy) is 4. The summed E-state index contributed by atoms with van der Waals surface area (Å²) in [6.45, 7) is 32.8. The van der Waals surface area contributed by atoms with E-state index in [0.717, 1.165) is 110 Å². The van der Waals surface area contributed by atoms with Crippen LogP contribution in [0.1, 0.15) is 290 Å². The Kier molecular flexibility index (Phi) is 71.0. The van der Waals surface area contributed by atoms with E-state index in [1.165, 1.54) is 12.8 Å². The van der Waals surface area contributed by atoms with Gasteiger partial charge in [0.15, 0.2) is 50.8 Å². The third-order valence-electron chi connectivity index (χ3n) is 23.9. The molecule has 10 saturated carbocycles. The number of carbonyl (C=O) groups excluding carboxylic acids is 2. The summed E-state index contributed by atoms with van der Waals surface area (Å²) in [4.78, 5) is 23.2. The molecule has 0 aromatic carbocycles. The third kappa shape index (κ3) is 52.5. The Labute approximate surface area is 756 Å². The zero-order chi connectivity index (χ0) is 89.4. The molecule has 10 aliphatic carbocycles. The van der Waals surface area contributed by atoms with Crippen LogP contribution in [0.15, 0.2) is 0 Å². The lowest BCUT2D eigenvalue weighted by molar-refractivity contribution is -0.373. The van der Waals surface area contributed by atoms with Crippen LogP contribution in [0, 0.1) is 88.8 Å². The maximum atomic E-state index is 13.5. The van der Waals surface area contributed by atoms with Gasteiger partial charge in [-0.05, 0) is 338 Å². The molecule has 3 N–H and O–H groups in total. The first-order chi connectivity index (χ1) is 52.1. The van der Waals surface area contributed by atoms with E-state index in [1.54, 1.807) is 77.1 Å². The van der Waals surface area contributed by atoms with Crippen LogP contribution in [-0.4, -0.2) is 186 Å². The number of aliphatic hydroxyl groups is 3. The summed E-state index contributed by atoms with van der Waals surface area (Å²) in [6.07, 6.45) is -18.8. The molecule has 10 bridgehead atoms. The molecule has 0 saturated heterocycles. The molecule has 0 radical (unpaired) electrons. The van der Waals surface area contributed by atoms with Crippen LogP contribution >= 0.6 is 0 Å². The van der Waals surface area contributed by atoms with E-state index >= 15 is 0 Å². The lowest BCUT2D eigenvalue weighted by Crippen LogP contribution is -2.58. The van der Waals surface area contributed by atoms with Gasteiger partial charge in [-0.25, -0.2) is 9.59 Å². The zero-order valence-corrected chi connectivity index (χ0v) is 78.3. The number of aliphatic hydroxyl groups excluding tert-OH is 1. The molecule has 0 heterocycles. The highest BCUT2D eigenvalue weighted by Gasteiger charge is 2.71.